The molecular formula is C18H25N3O4. The van der Waals surface area contributed by atoms with Gasteiger partial charge in [-0.2, -0.15) is 0 Å². The molecule has 1 fully saturated rings. The van der Waals surface area contributed by atoms with Gasteiger partial charge in [0, 0.05) is 32.2 Å². The van der Waals surface area contributed by atoms with Crippen LogP contribution in [0.25, 0.3) is 0 Å². The van der Waals surface area contributed by atoms with Crippen LogP contribution in [0.15, 0.2) is 30.3 Å². The van der Waals surface area contributed by atoms with Gasteiger partial charge in [0.1, 0.15) is 5.75 Å². The molecule has 0 aliphatic carbocycles. The summed E-state index contributed by atoms with van der Waals surface area (Å²) in [6.07, 6.45) is -0.603. The van der Waals surface area contributed by atoms with Crippen LogP contribution in [0.5, 0.6) is 5.75 Å². The maximum Gasteiger partial charge on any atom is 0.312 e. The second kappa shape index (κ2) is 8.50. The Labute approximate surface area is 147 Å². The van der Waals surface area contributed by atoms with E-state index in [4.69, 9.17) is 4.74 Å². The van der Waals surface area contributed by atoms with Gasteiger partial charge in [0.25, 0.3) is 5.91 Å². The first-order chi connectivity index (χ1) is 11.9. The SMILES string of the molecule is CC(C)NC(=O)C(=O)N1CCN(C(=O)C(C)Oc2ccccc2)CC1. The van der Waals surface area contributed by atoms with Crippen LogP contribution in [-0.4, -0.2) is 65.8 Å². The Kier molecular flexibility index (Phi) is 6.38. The minimum atomic E-state index is -0.603. The Morgan fingerprint density at radius 2 is 1.52 bits per heavy atom. The van der Waals surface area contributed by atoms with E-state index >= 15 is 0 Å². The molecule has 0 aromatic heterocycles. The highest BCUT2D eigenvalue weighted by Crippen LogP contribution is 2.13. The fraction of sp³-hybridized carbons (Fsp3) is 0.500. The number of carbonyl (C=O) groups excluding carboxylic acids is 3. The summed E-state index contributed by atoms with van der Waals surface area (Å²) >= 11 is 0. The van der Waals surface area contributed by atoms with E-state index in [1.165, 1.54) is 4.90 Å². The highest BCUT2D eigenvalue weighted by atomic mass is 16.5. The zero-order valence-corrected chi connectivity index (χ0v) is 14.9. The smallest absolute Gasteiger partial charge is 0.312 e. The summed E-state index contributed by atoms with van der Waals surface area (Å²) < 4.78 is 5.65. The van der Waals surface area contributed by atoms with Gasteiger partial charge in [0.05, 0.1) is 0 Å². The average molecular weight is 347 g/mol. The van der Waals surface area contributed by atoms with Crippen molar-refractivity contribution in [3.05, 3.63) is 30.3 Å². The lowest BCUT2D eigenvalue weighted by molar-refractivity contribution is -0.149. The number of carbonyl (C=O) groups is 3. The van der Waals surface area contributed by atoms with Crippen LogP contribution in [0.4, 0.5) is 0 Å². The Morgan fingerprint density at radius 1 is 0.960 bits per heavy atom. The first-order valence-electron chi connectivity index (χ1n) is 8.48. The zero-order valence-electron chi connectivity index (χ0n) is 14.9. The number of amides is 3. The van der Waals surface area contributed by atoms with Crippen molar-refractivity contribution in [1.82, 2.24) is 15.1 Å². The molecule has 7 heteroatoms. The summed E-state index contributed by atoms with van der Waals surface area (Å²) in [5.41, 5.74) is 0. The van der Waals surface area contributed by atoms with Gasteiger partial charge < -0.3 is 19.9 Å². The highest BCUT2D eigenvalue weighted by molar-refractivity contribution is 6.35. The molecule has 3 amide bonds. The fourth-order valence-electron chi connectivity index (χ4n) is 2.61. The van der Waals surface area contributed by atoms with E-state index in [0.717, 1.165) is 0 Å². The normalized spacial score (nSPS) is 15.7. The van der Waals surface area contributed by atoms with Gasteiger partial charge in [0.15, 0.2) is 6.10 Å². The quantitative estimate of drug-likeness (QED) is 0.811. The van der Waals surface area contributed by atoms with E-state index < -0.39 is 17.9 Å². The molecule has 0 spiro atoms. The number of para-hydroxylation sites is 1. The van der Waals surface area contributed by atoms with E-state index in [2.05, 4.69) is 5.32 Å². The van der Waals surface area contributed by atoms with Crippen molar-refractivity contribution in [3.63, 3.8) is 0 Å². The van der Waals surface area contributed by atoms with Crippen molar-refractivity contribution in [2.45, 2.75) is 32.9 Å². The van der Waals surface area contributed by atoms with Crippen molar-refractivity contribution < 1.29 is 19.1 Å². The van der Waals surface area contributed by atoms with Crippen molar-refractivity contribution >= 4 is 17.7 Å². The number of nitrogens with one attached hydrogen (secondary N) is 1. The minimum absolute atomic E-state index is 0.0877. The Bertz CT molecular complexity index is 610. The molecule has 1 aliphatic heterocycles. The average Bonchev–Trinajstić information content (AvgIpc) is 2.60. The first kappa shape index (κ1) is 18.8. The van der Waals surface area contributed by atoms with Gasteiger partial charge in [-0.15, -0.1) is 0 Å². The maximum absolute atomic E-state index is 12.5. The van der Waals surface area contributed by atoms with E-state index in [-0.39, 0.29) is 11.9 Å². The van der Waals surface area contributed by atoms with E-state index in [1.54, 1.807) is 37.8 Å². The van der Waals surface area contributed by atoms with E-state index in [9.17, 15) is 14.4 Å². The maximum atomic E-state index is 12.5. The molecule has 1 unspecified atom stereocenters. The molecular weight excluding hydrogens is 322 g/mol. The molecule has 1 heterocycles. The number of hydrogen-bond donors (Lipinski definition) is 1. The number of ether oxygens (including phenoxy) is 1. The number of benzene rings is 1. The van der Waals surface area contributed by atoms with Crippen LogP contribution in [0.1, 0.15) is 20.8 Å². The summed E-state index contributed by atoms with van der Waals surface area (Å²) in [5, 5.41) is 2.59. The lowest BCUT2D eigenvalue weighted by Gasteiger charge is -2.35. The summed E-state index contributed by atoms with van der Waals surface area (Å²) in [6, 6.07) is 9.08. The van der Waals surface area contributed by atoms with Crippen molar-refractivity contribution in [1.29, 1.82) is 0 Å². The third kappa shape index (κ3) is 5.20. The molecule has 136 valence electrons. The molecule has 0 radical (unpaired) electrons. The summed E-state index contributed by atoms with van der Waals surface area (Å²) in [7, 11) is 0. The predicted molar refractivity (Wildman–Crippen MR) is 93.0 cm³/mol. The molecule has 1 aromatic rings. The molecule has 7 nitrogen and oxygen atoms in total. The molecule has 0 bridgehead atoms. The van der Waals surface area contributed by atoms with Crippen molar-refractivity contribution in [2.75, 3.05) is 26.2 Å². The fourth-order valence-corrected chi connectivity index (χ4v) is 2.61. The monoisotopic (exact) mass is 347 g/mol. The van der Waals surface area contributed by atoms with Gasteiger partial charge >= 0.3 is 11.8 Å². The Hall–Kier alpha value is -2.57. The summed E-state index contributed by atoms with van der Waals surface area (Å²) in [4.78, 5) is 39.5. The third-order valence-electron chi connectivity index (χ3n) is 3.90. The number of nitrogens with zero attached hydrogens (tertiary/aromatic N) is 2. The second-order valence-electron chi connectivity index (χ2n) is 6.32. The molecule has 1 N–H and O–H groups in total. The lowest BCUT2D eigenvalue weighted by Crippen LogP contribution is -2.56. The predicted octanol–water partition coefficient (Wildman–Crippen LogP) is 0.649. The molecule has 1 aliphatic rings. The van der Waals surface area contributed by atoms with Gasteiger partial charge in [0.2, 0.25) is 0 Å². The molecule has 1 aromatic carbocycles. The first-order valence-corrected chi connectivity index (χ1v) is 8.48. The minimum Gasteiger partial charge on any atom is -0.481 e. The van der Waals surface area contributed by atoms with Gasteiger partial charge in [-0.05, 0) is 32.9 Å². The van der Waals surface area contributed by atoms with Crippen LogP contribution >= 0.6 is 0 Å². The molecule has 1 saturated heterocycles. The molecule has 0 saturated carbocycles. The molecule has 25 heavy (non-hydrogen) atoms. The lowest BCUT2D eigenvalue weighted by atomic mass is 10.2. The zero-order chi connectivity index (χ0) is 18.4. The van der Waals surface area contributed by atoms with Gasteiger partial charge in [-0.3, -0.25) is 14.4 Å². The van der Waals surface area contributed by atoms with Gasteiger partial charge in [-0.25, -0.2) is 0 Å². The summed E-state index contributed by atoms with van der Waals surface area (Å²) in [5.74, 6) is -0.630. The molecule has 2 rings (SSSR count). The van der Waals surface area contributed by atoms with E-state index in [0.29, 0.717) is 31.9 Å². The standard InChI is InChI=1S/C18H25N3O4/c1-13(2)19-16(22)18(24)21-11-9-20(10-12-21)17(23)14(3)25-15-7-5-4-6-8-15/h4-8,13-14H,9-12H2,1-3H3,(H,19,22). The number of piperazine rings is 1. The van der Waals surface area contributed by atoms with Crippen LogP contribution in [0.2, 0.25) is 0 Å². The Balaban J connectivity index is 1.83. The number of rotatable bonds is 4. The van der Waals surface area contributed by atoms with Crippen LogP contribution in [-0.2, 0) is 14.4 Å². The largest absolute Gasteiger partial charge is 0.481 e. The van der Waals surface area contributed by atoms with Crippen LogP contribution in [0.3, 0.4) is 0 Å². The topological polar surface area (TPSA) is 79.0 Å². The van der Waals surface area contributed by atoms with Crippen LogP contribution in [0, 0.1) is 0 Å². The summed E-state index contributed by atoms with van der Waals surface area (Å²) in [6.45, 7) is 6.78. The Morgan fingerprint density at radius 3 is 2.08 bits per heavy atom. The third-order valence-corrected chi connectivity index (χ3v) is 3.90. The number of hydrogen-bond acceptors (Lipinski definition) is 4. The van der Waals surface area contributed by atoms with Crippen molar-refractivity contribution in [3.8, 4) is 5.75 Å². The van der Waals surface area contributed by atoms with Gasteiger partial charge in [-0.1, -0.05) is 18.2 Å². The molecule has 1 atom stereocenters. The van der Waals surface area contributed by atoms with Crippen molar-refractivity contribution in [2.24, 2.45) is 0 Å². The van der Waals surface area contributed by atoms with Crippen LogP contribution < -0.4 is 10.1 Å². The van der Waals surface area contributed by atoms with E-state index in [1.807, 2.05) is 18.2 Å². The second-order valence-corrected chi connectivity index (χ2v) is 6.32. The highest BCUT2D eigenvalue weighted by Gasteiger charge is 2.30.